The Morgan fingerprint density at radius 1 is 0.559 bits per heavy atom. The van der Waals surface area contributed by atoms with Crippen LogP contribution in [0.5, 0.6) is 0 Å². The van der Waals surface area contributed by atoms with Crippen LogP contribution in [0.25, 0.3) is 0 Å². The van der Waals surface area contributed by atoms with Gasteiger partial charge in [0.15, 0.2) is 0 Å². The van der Waals surface area contributed by atoms with Gasteiger partial charge in [-0.25, -0.2) is 8.78 Å². The first-order valence-corrected chi connectivity index (χ1v) is 12.3. The van der Waals surface area contributed by atoms with Gasteiger partial charge in [0.2, 0.25) is 0 Å². The molecule has 2 N–H and O–H groups in total. The molecule has 0 aliphatic heterocycles. The highest BCUT2D eigenvalue weighted by atomic mass is 33.1. The third-order valence-corrected chi connectivity index (χ3v) is 7.15. The quantitative estimate of drug-likeness (QED) is 0.266. The highest BCUT2D eigenvalue weighted by Crippen LogP contribution is 2.43. The molecule has 8 heteroatoms. The highest BCUT2D eigenvalue weighted by Gasteiger charge is 2.13. The van der Waals surface area contributed by atoms with E-state index >= 15 is 0 Å². The van der Waals surface area contributed by atoms with E-state index in [4.69, 9.17) is 0 Å². The number of anilines is 2. The molecule has 0 aliphatic rings. The highest BCUT2D eigenvalue weighted by molar-refractivity contribution is 8.76. The van der Waals surface area contributed by atoms with Gasteiger partial charge < -0.3 is 10.6 Å². The first kappa shape index (κ1) is 23.5. The van der Waals surface area contributed by atoms with Crippen molar-refractivity contribution < 1.29 is 18.4 Å². The molecule has 2 amide bonds. The number of hydrogen-bond donors (Lipinski definition) is 2. The Hall–Kier alpha value is -3.62. The minimum Gasteiger partial charge on any atom is -0.321 e. The lowest BCUT2D eigenvalue weighted by atomic mass is 10.2. The number of hydrogen-bond acceptors (Lipinski definition) is 4. The summed E-state index contributed by atoms with van der Waals surface area (Å²) in [6, 6.07) is 25.5. The van der Waals surface area contributed by atoms with Gasteiger partial charge in [-0.05, 0) is 60.7 Å². The summed E-state index contributed by atoms with van der Waals surface area (Å²) in [4.78, 5) is 26.7. The summed E-state index contributed by atoms with van der Waals surface area (Å²) >= 11 is 0. The average Bonchev–Trinajstić information content (AvgIpc) is 2.84. The van der Waals surface area contributed by atoms with Gasteiger partial charge in [0, 0.05) is 20.9 Å². The summed E-state index contributed by atoms with van der Waals surface area (Å²) in [5.41, 5.74) is 1.60. The SMILES string of the molecule is O=C(Nc1ccccc1SSc1ccccc1NC(=O)c1cccc(F)c1)c1cccc(F)c1. The molecule has 0 saturated heterocycles. The molecule has 0 bridgehead atoms. The van der Waals surface area contributed by atoms with Gasteiger partial charge in [-0.15, -0.1) is 0 Å². The van der Waals surface area contributed by atoms with E-state index in [1.165, 1.54) is 58.0 Å². The third-order valence-electron chi connectivity index (χ3n) is 4.67. The van der Waals surface area contributed by atoms with Crippen LogP contribution in [-0.2, 0) is 0 Å². The smallest absolute Gasteiger partial charge is 0.255 e. The summed E-state index contributed by atoms with van der Waals surface area (Å²) in [7, 11) is 2.79. The number of para-hydroxylation sites is 2. The van der Waals surface area contributed by atoms with Gasteiger partial charge >= 0.3 is 0 Å². The molecule has 0 saturated carbocycles. The molecule has 0 aliphatic carbocycles. The van der Waals surface area contributed by atoms with Crippen LogP contribution >= 0.6 is 21.6 Å². The molecular formula is C26H18F2N2O2S2. The summed E-state index contributed by atoms with van der Waals surface area (Å²) in [5, 5.41) is 5.64. The predicted molar refractivity (Wildman–Crippen MR) is 133 cm³/mol. The van der Waals surface area contributed by atoms with Gasteiger partial charge in [0.05, 0.1) is 11.4 Å². The Morgan fingerprint density at radius 2 is 0.971 bits per heavy atom. The minimum absolute atomic E-state index is 0.220. The van der Waals surface area contributed by atoms with Crippen molar-refractivity contribution in [2.75, 3.05) is 10.6 Å². The Bertz CT molecular complexity index is 1240. The van der Waals surface area contributed by atoms with Crippen LogP contribution in [0, 0.1) is 11.6 Å². The second kappa shape index (κ2) is 11.0. The van der Waals surface area contributed by atoms with Crippen molar-refractivity contribution in [1.82, 2.24) is 0 Å². The van der Waals surface area contributed by atoms with Crippen molar-refractivity contribution in [3.05, 3.63) is 120 Å². The second-order valence-electron chi connectivity index (χ2n) is 7.09. The van der Waals surface area contributed by atoms with Crippen molar-refractivity contribution in [3.8, 4) is 0 Å². The Balaban J connectivity index is 1.47. The van der Waals surface area contributed by atoms with Gasteiger partial charge in [-0.2, -0.15) is 0 Å². The number of amides is 2. The average molecular weight is 493 g/mol. The first-order chi connectivity index (χ1) is 16.5. The summed E-state index contributed by atoms with van der Waals surface area (Å²) < 4.78 is 26.9. The van der Waals surface area contributed by atoms with Crippen LogP contribution in [0.1, 0.15) is 20.7 Å². The maximum atomic E-state index is 13.5. The number of halogens is 2. The summed E-state index contributed by atoms with van der Waals surface area (Å²) in [5.74, 6) is -1.80. The van der Waals surface area contributed by atoms with Gasteiger partial charge in [-0.3, -0.25) is 9.59 Å². The largest absolute Gasteiger partial charge is 0.321 e. The second-order valence-corrected chi connectivity index (χ2v) is 9.30. The van der Waals surface area contributed by atoms with Crippen molar-refractivity contribution in [2.45, 2.75) is 9.79 Å². The molecule has 0 fully saturated rings. The van der Waals surface area contributed by atoms with Crippen LogP contribution in [0.4, 0.5) is 20.2 Å². The Kier molecular flexibility index (Phi) is 7.61. The van der Waals surface area contributed by atoms with Crippen LogP contribution < -0.4 is 10.6 Å². The zero-order valence-corrected chi connectivity index (χ0v) is 19.3. The van der Waals surface area contributed by atoms with Gasteiger partial charge in [0.1, 0.15) is 11.6 Å². The molecular weight excluding hydrogens is 474 g/mol. The van der Waals surface area contributed by atoms with E-state index in [1.54, 1.807) is 36.4 Å². The van der Waals surface area contributed by atoms with Crippen molar-refractivity contribution in [3.63, 3.8) is 0 Å². The predicted octanol–water partition coefficient (Wildman–Crippen LogP) is 7.27. The molecule has 0 radical (unpaired) electrons. The fourth-order valence-electron chi connectivity index (χ4n) is 3.02. The molecule has 0 spiro atoms. The number of rotatable bonds is 7. The molecule has 0 aromatic heterocycles. The number of nitrogens with one attached hydrogen (secondary N) is 2. The molecule has 0 atom stereocenters. The van der Waals surface area contributed by atoms with Crippen LogP contribution in [0.2, 0.25) is 0 Å². The van der Waals surface area contributed by atoms with E-state index in [1.807, 2.05) is 24.3 Å². The van der Waals surface area contributed by atoms with Crippen LogP contribution in [0.15, 0.2) is 107 Å². The van der Waals surface area contributed by atoms with E-state index in [2.05, 4.69) is 10.6 Å². The number of carbonyl (C=O) groups excluding carboxylic acids is 2. The van der Waals surface area contributed by atoms with Crippen molar-refractivity contribution in [1.29, 1.82) is 0 Å². The van der Waals surface area contributed by atoms with E-state index in [0.29, 0.717) is 11.4 Å². The fourth-order valence-corrected chi connectivity index (χ4v) is 5.30. The standard InChI is InChI=1S/C26H18F2N2O2S2/c27-19-9-5-7-17(15-19)25(31)29-21-11-1-3-13-23(21)33-34-24-14-4-2-12-22(24)30-26(32)18-8-6-10-20(28)16-18/h1-16H,(H,29,31)(H,30,32). The summed E-state index contributed by atoms with van der Waals surface area (Å²) in [6.07, 6.45) is 0. The molecule has 4 rings (SSSR count). The number of benzene rings is 4. The van der Waals surface area contributed by atoms with E-state index < -0.39 is 23.4 Å². The van der Waals surface area contributed by atoms with E-state index in [0.717, 1.165) is 9.79 Å². The molecule has 4 aromatic rings. The monoisotopic (exact) mass is 492 g/mol. The zero-order valence-electron chi connectivity index (χ0n) is 17.6. The van der Waals surface area contributed by atoms with E-state index in [-0.39, 0.29) is 11.1 Å². The first-order valence-electron chi connectivity index (χ1n) is 10.2. The maximum absolute atomic E-state index is 13.5. The molecule has 4 nitrogen and oxygen atoms in total. The Labute approximate surface area is 203 Å². The van der Waals surface area contributed by atoms with Crippen LogP contribution in [-0.4, -0.2) is 11.8 Å². The Morgan fingerprint density at radius 3 is 1.38 bits per heavy atom. The lowest BCUT2D eigenvalue weighted by Crippen LogP contribution is -2.12. The fraction of sp³-hybridized carbons (Fsp3) is 0. The third kappa shape index (κ3) is 6.03. The topological polar surface area (TPSA) is 58.2 Å². The lowest BCUT2D eigenvalue weighted by molar-refractivity contribution is 0.101. The minimum atomic E-state index is -0.484. The van der Waals surface area contributed by atoms with Crippen LogP contribution in [0.3, 0.4) is 0 Å². The van der Waals surface area contributed by atoms with Gasteiger partial charge in [0.25, 0.3) is 11.8 Å². The van der Waals surface area contributed by atoms with Crippen molar-refractivity contribution in [2.24, 2.45) is 0 Å². The lowest BCUT2D eigenvalue weighted by Gasteiger charge is -2.13. The molecule has 34 heavy (non-hydrogen) atoms. The van der Waals surface area contributed by atoms with Gasteiger partial charge in [-0.1, -0.05) is 58.0 Å². The normalized spacial score (nSPS) is 10.5. The number of carbonyl (C=O) groups is 2. The molecule has 170 valence electrons. The molecule has 4 aromatic carbocycles. The maximum Gasteiger partial charge on any atom is 0.255 e. The zero-order chi connectivity index (χ0) is 23.9. The summed E-state index contributed by atoms with van der Waals surface area (Å²) in [6.45, 7) is 0. The van der Waals surface area contributed by atoms with Crippen molar-refractivity contribution >= 4 is 44.8 Å². The molecule has 0 unspecified atom stereocenters. The molecule has 0 heterocycles. The van der Waals surface area contributed by atoms with E-state index in [9.17, 15) is 18.4 Å².